The number of aliphatic hydroxyl groups is 1. The van der Waals surface area contributed by atoms with Gasteiger partial charge in [0.2, 0.25) is 0 Å². The van der Waals surface area contributed by atoms with Crippen LogP contribution in [0.25, 0.3) is 33.2 Å². The number of benzene rings is 3. The first-order valence-corrected chi connectivity index (χ1v) is 22.6. The minimum Gasteiger partial charge on any atom is 0 e. The molecule has 0 aliphatic rings. The molecule has 1 N–H and O–H groups in total. The van der Waals surface area contributed by atoms with Crippen LogP contribution in [0.5, 0.6) is 0 Å². The van der Waals surface area contributed by atoms with Gasteiger partial charge in [0.15, 0.2) is 5.78 Å². The van der Waals surface area contributed by atoms with Crippen molar-refractivity contribution >= 4 is 34.2 Å². The van der Waals surface area contributed by atoms with Crippen LogP contribution < -0.4 is 4.40 Å². The van der Waals surface area contributed by atoms with E-state index >= 15 is 0 Å². The number of ketones is 1. The molecule has 0 amide bonds. The van der Waals surface area contributed by atoms with Crippen LogP contribution in [0.2, 0.25) is 17.3 Å². The smallest absolute Gasteiger partial charge is 0 e. The third-order valence-electron chi connectivity index (χ3n) is 7.55. The van der Waals surface area contributed by atoms with Gasteiger partial charge < -0.3 is 5.11 Å². The van der Waals surface area contributed by atoms with Gasteiger partial charge in [-0.15, -0.1) is 0 Å². The summed E-state index contributed by atoms with van der Waals surface area (Å²) in [4.78, 5) is 15.9. The Hall–Kier alpha value is -2.60. The predicted octanol–water partition coefficient (Wildman–Crippen LogP) is 10.4. The average Bonchev–Trinajstić information content (AvgIpc) is 2.91. The Morgan fingerprint density at radius 3 is 1.96 bits per heavy atom. The number of fused-ring (bicyclic) bond motifs is 1. The maximum absolute atomic E-state index is 14.8. The molecule has 4 rings (SSSR count). The Morgan fingerprint density at radius 2 is 1.44 bits per heavy atom. The van der Waals surface area contributed by atoms with E-state index in [2.05, 4.69) is 85.5 Å². The number of hydrogen-bond donors (Lipinski definition) is 1. The molecule has 0 bridgehead atoms. The predicted molar refractivity (Wildman–Crippen MR) is 188 cm³/mol. The van der Waals surface area contributed by atoms with E-state index in [-0.39, 0.29) is 48.3 Å². The van der Waals surface area contributed by atoms with E-state index in [9.17, 15) is 14.3 Å². The van der Waals surface area contributed by atoms with Gasteiger partial charge in [0.1, 0.15) is 5.76 Å². The SMILES string of the molecule is CC(C)(C)C(=O)/C=C(\O)C(C)(C)C.CC(C)(C)c1cc(-c2cc(-c3cc[c]([Ge]([CH3])([CH3])[CH3])cc3)c(F)cn2)[c-]c2ccccc12.[Ir]. The quantitative estimate of drug-likeness (QED) is 0.0964. The zero-order valence-corrected chi connectivity index (χ0v) is 33.4. The summed E-state index contributed by atoms with van der Waals surface area (Å²) in [6, 6.07) is 24.2. The van der Waals surface area contributed by atoms with Crippen molar-refractivity contribution in [2.75, 3.05) is 0 Å². The largest absolute Gasteiger partial charge is 0 e. The maximum Gasteiger partial charge on any atom is 0 e. The third-order valence-corrected chi connectivity index (χ3v) is 11.9. The molecular weight excluding hydrogens is 798 g/mol. The van der Waals surface area contributed by atoms with Crippen molar-refractivity contribution in [3.63, 3.8) is 0 Å². The van der Waals surface area contributed by atoms with Crippen LogP contribution in [0, 0.1) is 22.7 Å². The van der Waals surface area contributed by atoms with E-state index in [1.807, 2.05) is 65.8 Å². The second-order valence-corrected chi connectivity index (χ2v) is 26.3. The summed E-state index contributed by atoms with van der Waals surface area (Å²) in [5, 5.41) is 11.8. The molecule has 1 heterocycles. The number of carbonyl (C=O) groups excluding carboxylic acids is 1. The third kappa shape index (κ3) is 10.2. The summed E-state index contributed by atoms with van der Waals surface area (Å²) in [5.74, 6) is 6.89. The molecule has 1 radical (unpaired) electrons. The van der Waals surface area contributed by atoms with Gasteiger partial charge in [-0.2, -0.15) is 0 Å². The number of aromatic nitrogens is 1. The molecule has 0 saturated carbocycles. The normalized spacial score (nSPS) is 12.7. The number of hydrogen-bond acceptors (Lipinski definition) is 3. The Morgan fingerprint density at radius 1 is 0.867 bits per heavy atom. The van der Waals surface area contributed by atoms with Gasteiger partial charge in [0.05, 0.1) is 0 Å². The topological polar surface area (TPSA) is 50.2 Å². The van der Waals surface area contributed by atoms with Crippen LogP contribution >= 0.6 is 0 Å². The standard InChI is InChI=1S/C28H29FGeN.C11H20O2.Ir/c1-28(2,3)25-16-21(15-20-9-7-8-10-23(20)25)27-17-24(26(29)18-31-27)19-11-13-22(14-12-19)30(4,5)6;1-10(2,3)8(12)7-9(13)11(4,5)6;/h7-14,16-18H,1-6H3;7,12H,1-6H3;/q-1;;/b;8-7-;. The molecule has 0 unspecified atom stereocenters. The van der Waals surface area contributed by atoms with Gasteiger partial charge >= 0.3 is 182 Å². The van der Waals surface area contributed by atoms with Gasteiger partial charge in [-0.1, -0.05) is 47.6 Å². The Labute approximate surface area is 286 Å². The summed E-state index contributed by atoms with van der Waals surface area (Å²) in [6.45, 7) is 17.7. The van der Waals surface area contributed by atoms with Crippen molar-refractivity contribution < 1.29 is 34.4 Å². The first kappa shape index (κ1) is 38.6. The van der Waals surface area contributed by atoms with Crippen molar-refractivity contribution in [1.82, 2.24) is 4.98 Å². The van der Waals surface area contributed by atoms with Crippen LogP contribution in [0.1, 0.15) is 67.9 Å². The first-order chi connectivity index (χ1) is 20.1. The molecule has 0 aliphatic carbocycles. The molecular formula is C39H49FGeIrNO2-. The van der Waals surface area contributed by atoms with E-state index in [1.54, 1.807) is 0 Å². The van der Waals surface area contributed by atoms with Gasteiger partial charge in [-0.25, -0.2) is 0 Å². The Kier molecular flexibility index (Phi) is 12.4. The van der Waals surface area contributed by atoms with Gasteiger partial charge in [-0.05, 0) is 0 Å². The molecule has 3 aromatic carbocycles. The molecule has 0 aliphatic heterocycles. The van der Waals surface area contributed by atoms with Crippen LogP contribution in [-0.2, 0) is 30.3 Å². The molecule has 4 aromatic rings. The zero-order chi connectivity index (χ0) is 33.3. The first-order valence-electron chi connectivity index (χ1n) is 15.3. The monoisotopic (exact) mass is 849 g/mol. The number of carbonyl (C=O) groups is 1. The van der Waals surface area contributed by atoms with Crippen LogP contribution in [-0.4, -0.2) is 29.1 Å². The van der Waals surface area contributed by atoms with Crippen LogP contribution in [0.4, 0.5) is 4.39 Å². The molecule has 45 heavy (non-hydrogen) atoms. The second-order valence-electron chi connectivity index (χ2n) is 15.7. The van der Waals surface area contributed by atoms with E-state index in [0.717, 1.165) is 22.2 Å². The molecule has 3 nitrogen and oxygen atoms in total. The number of allylic oxidation sites excluding steroid dienone is 2. The Balaban J connectivity index is 0.000000430. The summed E-state index contributed by atoms with van der Waals surface area (Å²) in [7, 11) is 0. The molecule has 0 atom stereocenters. The zero-order valence-electron chi connectivity index (χ0n) is 28.9. The fourth-order valence-corrected chi connectivity index (χ4v) is 6.95. The minimum atomic E-state index is -1.91. The summed E-state index contributed by atoms with van der Waals surface area (Å²) in [6.07, 6.45) is 2.67. The fraction of sp³-hybridized carbons (Fsp3) is 0.385. The average molecular weight is 848 g/mol. The van der Waals surface area contributed by atoms with Crippen molar-refractivity contribution in [2.45, 2.75) is 85.0 Å². The van der Waals surface area contributed by atoms with E-state index in [0.29, 0.717) is 5.56 Å². The van der Waals surface area contributed by atoms with Crippen LogP contribution in [0.3, 0.4) is 0 Å². The van der Waals surface area contributed by atoms with E-state index < -0.39 is 18.7 Å². The van der Waals surface area contributed by atoms with Gasteiger partial charge in [0, 0.05) is 37.0 Å². The fourth-order valence-electron chi connectivity index (χ4n) is 4.50. The van der Waals surface area contributed by atoms with Crippen molar-refractivity contribution in [2.24, 2.45) is 10.8 Å². The summed E-state index contributed by atoms with van der Waals surface area (Å²) in [5.41, 5.74) is 3.55. The number of aliphatic hydroxyl groups excluding tert-OH is 1. The van der Waals surface area contributed by atoms with Crippen LogP contribution in [0.15, 0.2) is 78.7 Å². The van der Waals surface area contributed by atoms with Crippen molar-refractivity contribution in [3.05, 3.63) is 96.1 Å². The molecule has 1 aromatic heterocycles. The second kappa shape index (κ2) is 14.4. The number of rotatable bonds is 4. The molecule has 243 valence electrons. The number of pyridine rings is 1. The summed E-state index contributed by atoms with van der Waals surface area (Å²) < 4.78 is 16.2. The van der Waals surface area contributed by atoms with Gasteiger partial charge in [0.25, 0.3) is 0 Å². The van der Waals surface area contributed by atoms with Crippen molar-refractivity contribution in [1.29, 1.82) is 0 Å². The molecule has 0 saturated heterocycles. The number of nitrogens with zero attached hydrogens (tertiary/aromatic N) is 1. The molecule has 0 fully saturated rings. The van der Waals surface area contributed by atoms with E-state index in [1.165, 1.54) is 27.6 Å². The number of halogens is 1. The molecule has 6 heteroatoms. The van der Waals surface area contributed by atoms with Gasteiger partial charge in [-0.3, -0.25) is 4.79 Å². The Bertz CT molecular complexity index is 1670. The minimum absolute atomic E-state index is 0. The van der Waals surface area contributed by atoms with E-state index in [4.69, 9.17) is 0 Å². The van der Waals surface area contributed by atoms with Crippen molar-refractivity contribution in [3.8, 4) is 22.4 Å². The molecule has 0 spiro atoms. The maximum atomic E-state index is 14.8. The summed E-state index contributed by atoms with van der Waals surface area (Å²) >= 11 is -1.91.